The third-order valence-electron chi connectivity index (χ3n) is 1.10. The van der Waals surface area contributed by atoms with E-state index in [4.69, 9.17) is 16.1 Å². The number of amides is 1. The van der Waals surface area contributed by atoms with Crippen molar-refractivity contribution in [1.82, 2.24) is 0 Å². The molecule has 0 bridgehead atoms. The number of carbonyl (C=O) groups is 1. The van der Waals surface area contributed by atoms with Crippen LogP contribution in [-0.4, -0.2) is 16.6 Å². The highest BCUT2D eigenvalue weighted by Gasteiger charge is 2.19. The summed E-state index contributed by atoms with van der Waals surface area (Å²) in [5.74, 6) is -0.504. The number of carbonyl (C=O) groups excluding carboxylic acids is 1. The predicted octanol–water partition coefficient (Wildman–Crippen LogP) is -0.474. The number of nitrogens with two attached hydrogens (primary N) is 1. The van der Waals surface area contributed by atoms with Gasteiger partial charge >= 0.3 is 0 Å². The highest BCUT2D eigenvalue weighted by atomic mass is 16.3. The third kappa shape index (κ3) is 3.87. The van der Waals surface area contributed by atoms with Crippen molar-refractivity contribution in [2.75, 3.05) is 0 Å². The lowest BCUT2D eigenvalue weighted by Gasteiger charge is -2.11. The summed E-state index contributed by atoms with van der Waals surface area (Å²) >= 11 is 0. The van der Waals surface area contributed by atoms with Gasteiger partial charge in [0, 0.05) is 6.42 Å². The molecule has 0 aliphatic rings. The van der Waals surface area contributed by atoms with E-state index in [-0.39, 0.29) is 12.8 Å². The molecule has 0 saturated heterocycles. The van der Waals surface area contributed by atoms with Crippen LogP contribution in [0.4, 0.5) is 0 Å². The molecule has 0 saturated carbocycles. The van der Waals surface area contributed by atoms with E-state index < -0.39 is 11.5 Å². The van der Waals surface area contributed by atoms with Crippen molar-refractivity contribution in [3.05, 3.63) is 0 Å². The molecule has 0 unspecified atom stereocenters. The standard InChI is InChI=1S/C6H10N2O2/c1-6(10,4-7)3-2-5(8)9/h10H,2-3H2,1H3,(H2,8,9)/t6-/m1/s1. The van der Waals surface area contributed by atoms with Gasteiger partial charge in [-0.25, -0.2) is 0 Å². The van der Waals surface area contributed by atoms with Crippen molar-refractivity contribution >= 4 is 5.91 Å². The second kappa shape index (κ2) is 3.18. The lowest BCUT2D eigenvalue weighted by molar-refractivity contribution is -0.118. The van der Waals surface area contributed by atoms with Crippen LogP contribution in [0.3, 0.4) is 0 Å². The van der Waals surface area contributed by atoms with Crippen LogP contribution in [0.5, 0.6) is 0 Å². The molecular weight excluding hydrogens is 132 g/mol. The van der Waals surface area contributed by atoms with E-state index >= 15 is 0 Å². The molecule has 1 atom stereocenters. The van der Waals surface area contributed by atoms with E-state index in [9.17, 15) is 4.79 Å². The Balaban J connectivity index is 3.71. The van der Waals surface area contributed by atoms with Gasteiger partial charge in [0.25, 0.3) is 0 Å². The number of hydrogen-bond acceptors (Lipinski definition) is 3. The van der Waals surface area contributed by atoms with E-state index in [2.05, 4.69) is 0 Å². The first-order valence-electron chi connectivity index (χ1n) is 2.90. The Morgan fingerprint density at radius 2 is 2.40 bits per heavy atom. The molecule has 0 aromatic carbocycles. The van der Waals surface area contributed by atoms with Crippen molar-refractivity contribution in [2.24, 2.45) is 5.73 Å². The smallest absolute Gasteiger partial charge is 0.217 e. The topological polar surface area (TPSA) is 87.1 Å². The van der Waals surface area contributed by atoms with E-state index in [1.54, 1.807) is 6.07 Å². The van der Waals surface area contributed by atoms with Crippen molar-refractivity contribution in [3.63, 3.8) is 0 Å². The number of hydrogen-bond donors (Lipinski definition) is 2. The van der Waals surface area contributed by atoms with Crippen LogP contribution in [0.1, 0.15) is 19.8 Å². The molecule has 1 amide bonds. The first-order valence-corrected chi connectivity index (χ1v) is 2.90. The zero-order chi connectivity index (χ0) is 8.20. The van der Waals surface area contributed by atoms with Crippen molar-refractivity contribution < 1.29 is 9.90 Å². The van der Waals surface area contributed by atoms with Crippen molar-refractivity contribution in [2.45, 2.75) is 25.4 Å². The normalized spacial score (nSPS) is 15.3. The second-order valence-corrected chi connectivity index (χ2v) is 2.35. The van der Waals surface area contributed by atoms with Gasteiger partial charge < -0.3 is 10.8 Å². The molecule has 0 aromatic rings. The van der Waals surface area contributed by atoms with E-state index in [1.807, 2.05) is 0 Å². The van der Waals surface area contributed by atoms with Gasteiger partial charge in [0.2, 0.25) is 5.91 Å². The van der Waals surface area contributed by atoms with Crippen molar-refractivity contribution in [1.29, 1.82) is 5.26 Å². The van der Waals surface area contributed by atoms with Gasteiger partial charge in [0.05, 0.1) is 6.07 Å². The van der Waals surface area contributed by atoms with Gasteiger partial charge in [-0.15, -0.1) is 0 Å². The van der Waals surface area contributed by atoms with Gasteiger partial charge in [0.1, 0.15) is 5.60 Å². The Morgan fingerprint density at radius 3 is 2.70 bits per heavy atom. The van der Waals surface area contributed by atoms with E-state index in [0.717, 1.165) is 0 Å². The molecule has 4 heteroatoms. The fourth-order valence-corrected chi connectivity index (χ4v) is 0.423. The molecule has 0 radical (unpaired) electrons. The number of rotatable bonds is 3. The van der Waals surface area contributed by atoms with Crippen LogP contribution in [0.15, 0.2) is 0 Å². The molecule has 4 nitrogen and oxygen atoms in total. The summed E-state index contributed by atoms with van der Waals surface area (Å²) in [6.45, 7) is 1.34. The Labute approximate surface area is 59.3 Å². The lowest BCUT2D eigenvalue weighted by Crippen LogP contribution is -2.24. The molecule has 56 valence electrons. The molecule has 0 aliphatic carbocycles. The van der Waals surface area contributed by atoms with Crippen LogP contribution < -0.4 is 5.73 Å². The average Bonchev–Trinajstić information content (AvgIpc) is 1.85. The van der Waals surface area contributed by atoms with E-state index in [1.165, 1.54) is 6.92 Å². The summed E-state index contributed by atoms with van der Waals surface area (Å²) < 4.78 is 0. The number of aliphatic hydroxyl groups is 1. The molecule has 0 fully saturated rings. The van der Waals surface area contributed by atoms with Crippen LogP contribution in [0, 0.1) is 11.3 Å². The fraction of sp³-hybridized carbons (Fsp3) is 0.667. The maximum Gasteiger partial charge on any atom is 0.217 e. The van der Waals surface area contributed by atoms with Gasteiger partial charge in [-0.3, -0.25) is 4.79 Å². The van der Waals surface area contributed by atoms with Crippen LogP contribution in [0.25, 0.3) is 0 Å². The molecular formula is C6H10N2O2. The Bertz CT molecular complexity index is 169. The second-order valence-electron chi connectivity index (χ2n) is 2.35. The minimum atomic E-state index is -1.42. The summed E-state index contributed by atoms with van der Waals surface area (Å²) in [6, 6.07) is 1.64. The first kappa shape index (κ1) is 8.92. The highest BCUT2D eigenvalue weighted by Crippen LogP contribution is 2.08. The van der Waals surface area contributed by atoms with Gasteiger partial charge in [-0.1, -0.05) is 0 Å². The Morgan fingerprint density at radius 1 is 1.90 bits per heavy atom. The summed E-state index contributed by atoms with van der Waals surface area (Å²) in [5.41, 5.74) is 3.37. The minimum absolute atomic E-state index is 0.0422. The fourth-order valence-electron chi connectivity index (χ4n) is 0.423. The molecule has 0 rings (SSSR count). The van der Waals surface area contributed by atoms with E-state index in [0.29, 0.717) is 0 Å². The molecule has 10 heavy (non-hydrogen) atoms. The van der Waals surface area contributed by atoms with Crippen LogP contribution >= 0.6 is 0 Å². The maximum absolute atomic E-state index is 10.2. The minimum Gasteiger partial charge on any atom is -0.376 e. The average molecular weight is 142 g/mol. The molecule has 0 aromatic heterocycles. The zero-order valence-electron chi connectivity index (χ0n) is 5.79. The van der Waals surface area contributed by atoms with Gasteiger partial charge in [-0.05, 0) is 13.3 Å². The first-order chi connectivity index (χ1) is 4.48. The Hall–Kier alpha value is -1.08. The third-order valence-corrected chi connectivity index (χ3v) is 1.10. The molecule has 0 aliphatic heterocycles. The summed E-state index contributed by atoms with van der Waals surface area (Å²) in [5, 5.41) is 17.3. The quantitative estimate of drug-likeness (QED) is 0.522. The highest BCUT2D eigenvalue weighted by molar-refractivity contribution is 5.73. The largest absolute Gasteiger partial charge is 0.376 e. The summed E-state index contributed by atoms with van der Waals surface area (Å²) in [6.07, 6.45) is 0.138. The number of nitrogens with zero attached hydrogens (tertiary/aromatic N) is 1. The maximum atomic E-state index is 10.2. The predicted molar refractivity (Wildman–Crippen MR) is 34.7 cm³/mol. The lowest BCUT2D eigenvalue weighted by atomic mass is 10.0. The van der Waals surface area contributed by atoms with Crippen LogP contribution in [0.2, 0.25) is 0 Å². The number of primary amides is 1. The molecule has 0 heterocycles. The van der Waals surface area contributed by atoms with Crippen LogP contribution in [-0.2, 0) is 4.79 Å². The SMILES string of the molecule is C[C@](O)(C#N)CCC(N)=O. The monoisotopic (exact) mass is 142 g/mol. The molecule has 3 N–H and O–H groups in total. The molecule has 0 spiro atoms. The number of nitriles is 1. The summed E-state index contributed by atoms with van der Waals surface area (Å²) in [7, 11) is 0. The Kier molecular flexibility index (Phi) is 2.84. The summed E-state index contributed by atoms with van der Waals surface area (Å²) in [4.78, 5) is 10.2. The van der Waals surface area contributed by atoms with Crippen molar-refractivity contribution in [3.8, 4) is 6.07 Å². The zero-order valence-corrected chi connectivity index (χ0v) is 5.79. The van der Waals surface area contributed by atoms with Gasteiger partial charge in [0.15, 0.2) is 0 Å². The van der Waals surface area contributed by atoms with Gasteiger partial charge in [-0.2, -0.15) is 5.26 Å².